The van der Waals surface area contributed by atoms with Gasteiger partial charge in [0.2, 0.25) is 0 Å². The zero-order valence-corrected chi connectivity index (χ0v) is 10.5. The highest BCUT2D eigenvalue weighted by atomic mass is 17.5. The summed E-state index contributed by atoms with van der Waals surface area (Å²) in [6.07, 6.45) is 9.04. The lowest BCUT2D eigenvalue weighted by molar-refractivity contribution is -0.524. The lowest BCUT2D eigenvalue weighted by Gasteiger charge is -2.09. The predicted octanol–water partition coefficient (Wildman–Crippen LogP) is 4.03. The Kier molecular flexibility index (Phi) is 11.9. The number of rotatable bonds is 11. The Hall–Kier alpha value is -0.120. The van der Waals surface area contributed by atoms with E-state index in [4.69, 9.17) is 4.89 Å². The Morgan fingerprint density at radius 3 is 2.27 bits per heavy atom. The summed E-state index contributed by atoms with van der Waals surface area (Å²) in [5.74, 6) is 0. The summed E-state index contributed by atoms with van der Waals surface area (Å²) in [7, 11) is 0. The maximum Gasteiger partial charge on any atom is 0.0933 e. The van der Waals surface area contributed by atoms with Gasteiger partial charge in [-0.25, -0.2) is 9.78 Å². The van der Waals surface area contributed by atoms with Gasteiger partial charge in [-0.05, 0) is 20.3 Å². The maximum absolute atomic E-state index is 4.99. The van der Waals surface area contributed by atoms with E-state index in [0.29, 0.717) is 6.61 Å². The van der Waals surface area contributed by atoms with Gasteiger partial charge in [-0.2, -0.15) is 0 Å². The van der Waals surface area contributed by atoms with E-state index in [9.17, 15) is 0 Å². The van der Waals surface area contributed by atoms with Crippen LogP contribution in [-0.2, 0) is 14.8 Å². The fourth-order valence-electron chi connectivity index (χ4n) is 1.40. The zero-order valence-electron chi connectivity index (χ0n) is 10.5. The molecule has 3 heteroatoms. The van der Waals surface area contributed by atoms with Crippen LogP contribution in [0.25, 0.3) is 0 Å². The Bertz CT molecular complexity index is 117. The second-order valence-corrected chi connectivity index (χ2v) is 3.94. The molecule has 1 atom stereocenters. The fraction of sp³-hybridized carbons (Fsp3) is 1.00. The lowest BCUT2D eigenvalue weighted by atomic mass is 10.1. The molecule has 0 bridgehead atoms. The summed E-state index contributed by atoms with van der Waals surface area (Å²) >= 11 is 0. The molecule has 0 saturated carbocycles. The molecule has 0 aromatic heterocycles. The van der Waals surface area contributed by atoms with Crippen molar-refractivity contribution in [3.63, 3.8) is 0 Å². The van der Waals surface area contributed by atoms with Gasteiger partial charge in [0.15, 0.2) is 0 Å². The van der Waals surface area contributed by atoms with Gasteiger partial charge in [0.1, 0.15) is 0 Å². The molecule has 0 radical (unpaired) electrons. The Morgan fingerprint density at radius 2 is 1.60 bits per heavy atom. The summed E-state index contributed by atoms with van der Waals surface area (Å²) in [4.78, 5) is 9.63. The Morgan fingerprint density at radius 1 is 0.933 bits per heavy atom. The van der Waals surface area contributed by atoms with Crippen molar-refractivity contribution in [1.29, 1.82) is 0 Å². The first-order chi connectivity index (χ1) is 7.31. The van der Waals surface area contributed by atoms with Crippen molar-refractivity contribution in [2.75, 3.05) is 6.61 Å². The average Bonchev–Trinajstić information content (AvgIpc) is 2.23. The van der Waals surface area contributed by atoms with Gasteiger partial charge in [-0.1, -0.05) is 50.5 Å². The van der Waals surface area contributed by atoms with Crippen LogP contribution in [0.2, 0.25) is 0 Å². The molecule has 0 aliphatic rings. The lowest BCUT2D eigenvalue weighted by Crippen LogP contribution is -2.09. The van der Waals surface area contributed by atoms with Crippen molar-refractivity contribution < 1.29 is 14.8 Å². The second kappa shape index (κ2) is 12.0. The van der Waals surface area contributed by atoms with E-state index in [1.54, 1.807) is 0 Å². The van der Waals surface area contributed by atoms with Crippen LogP contribution >= 0.6 is 0 Å². The van der Waals surface area contributed by atoms with Crippen LogP contribution in [0.3, 0.4) is 0 Å². The van der Waals surface area contributed by atoms with Gasteiger partial charge in [-0.15, -0.1) is 0 Å². The zero-order chi connectivity index (χ0) is 11.4. The van der Waals surface area contributed by atoms with Crippen molar-refractivity contribution >= 4 is 0 Å². The van der Waals surface area contributed by atoms with Gasteiger partial charge in [-0.3, -0.25) is 0 Å². The first kappa shape index (κ1) is 14.9. The van der Waals surface area contributed by atoms with Crippen molar-refractivity contribution in [2.24, 2.45) is 0 Å². The van der Waals surface area contributed by atoms with Crippen LogP contribution in [0.1, 0.15) is 65.7 Å². The molecule has 3 nitrogen and oxygen atoms in total. The van der Waals surface area contributed by atoms with Gasteiger partial charge >= 0.3 is 0 Å². The Balaban J connectivity index is 3.06. The van der Waals surface area contributed by atoms with E-state index in [1.807, 2.05) is 13.8 Å². The minimum Gasteiger partial charge on any atom is -0.206 e. The predicted molar refractivity (Wildman–Crippen MR) is 61.3 cm³/mol. The summed E-state index contributed by atoms with van der Waals surface area (Å²) in [5, 5.41) is 4.54. The molecule has 0 aromatic carbocycles. The second-order valence-electron chi connectivity index (χ2n) is 3.94. The molecule has 1 unspecified atom stereocenters. The van der Waals surface area contributed by atoms with Crippen molar-refractivity contribution in [2.45, 2.75) is 71.8 Å². The molecule has 0 heterocycles. The molecule has 0 aliphatic heterocycles. The van der Waals surface area contributed by atoms with Crippen molar-refractivity contribution in [3.05, 3.63) is 0 Å². The van der Waals surface area contributed by atoms with Crippen LogP contribution in [-0.4, -0.2) is 12.7 Å². The average molecular weight is 218 g/mol. The molecule has 0 saturated heterocycles. The highest BCUT2D eigenvalue weighted by molar-refractivity contribution is 4.50. The summed E-state index contributed by atoms with van der Waals surface area (Å²) < 4.78 is 0. The van der Waals surface area contributed by atoms with E-state index in [2.05, 4.69) is 16.8 Å². The minimum absolute atomic E-state index is 0.128. The first-order valence-corrected chi connectivity index (χ1v) is 6.26. The highest BCUT2D eigenvalue weighted by Gasteiger charge is 2.03. The largest absolute Gasteiger partial charge is 0.206 e. The molecular formula is C12H26O3. The van der Waals surface area contributed by atoms with Gasteiger partial charge in [0.05, 0.1) is 12.7 Å². The van der Waals surface area contributed by atoms with Crippen molar-refractivity contribution in [3.8, 4) is 0 Å². The number of hydrogen-bond donors (Lipinski definition) is 0. The van der Waals surface area contributed by atoms with Crippen molar-refractivity contribution in [1.82, 2.24) is 0 Å². The minimum atomic E-state index is 0.128. The molecule has 0 aliphatic carbocycles. The van der Waals surface area contributed by atoms with E-state index in [-0.39, 0.29) is 6.10 Å². The van der Waals surface area contributed by atoms with Crippen LogP contribution in [0.5, 0.6) is 0 Å². The molecule has 0 spiro atoms. The summed E-state index contributed by atoms with van der Waals surface area (Å²) in [5.41, 5.74) is 0. The van der Waals surface area contributed by atoms with E-state index < -0.39 is 0 Å². The quantitative estimate of drug-likeness (QED) is 0.298. The highest BCUT2D eigenvalue weighted by Crippen LogP contribution is 2.10. The molecule has 0 N–H and O–H groups in total. The molecule has 0 rings (SSSR count). The van der Waals surface area contributed by atoms with Crippen LogP contribution < -0.4 is 0 Å². The number of unbranched alkanes of at least 4 members (excludes halogenated alkanes) is 5. The van der Waals surface area contributed by atoms with E-state index in [0.717, 1.165) is 6.42 Å². The van der Waals surface area contributed by atoms with E-state index in [1.165, 1.54) is 38.5 Å². The molecular weight excluding hydrogens is 192 g/mol. The van der Waals surface area contributed by atoms with Crippen LogP contribution in [0.15, 0.2) is 0 Å². The standard InChI is InChI=1S/C12H26O3/c1-4-6-7-8-9-10-11-12(3)14-15-13-5-2/h12H,4-11H2,1-3H3. The van der Waals surface area contributed by atoms with E-state index >= 15 is 0 Å². The number of hydrogen-bond acceptors (Lipinski definition) is 3. The molecule has 15 heavy (non-hydrogen) atoms. The third kappa shape index (κ3) is 11.8. The Labute approximate surface area is 94.0 Å². The first-order valence-electron chi connectivity index (χ1n) is 6.26. The molecule has 0 amide bonds. The molecule has 0 fully saturated rings. The SMILES string of the molecule is CCCCCCCCC(C)OOOCC. The third-order valence-electron chi connectivity index (χ3n) is 2.33. The third-order valence-corrected chi connectivity index (χ3v) is 2.33. The fourth-order valence-corrected chi connectivity index (χ4v) is 1.40. The van der Waals surface area contributed by atoms with Crippen LogP contribution in [0.4, 0.5) is 0 Å². The normalized spacial score (nSPS) is 13.0. The topological polar surface area (TPSA) is 27.7 Å². The van der Waals surface area contributed by atoms with Gasteiger partial charge in [0.25, 0.3) is 0 Å². The molecule has 0 aromatic rings. The summed E-state index contributed by atoms with van der Waals surface area (Å²) in [6.45, 7) is 6.62. The maximum atomic E-state index is 4.99. The molecule has 92 valence electrons. The van der Waals surface area contributed by atoms with Gasteiger partial charge in [0, 0.05) is 0 Å². The van der Waals surface area contributed by atoms with Gasteiger partial charge < -0.3 is 0 Å². The monoisotopic (exact) mass is 218 g/mol. The smallest absolute Gasteiger partial charge is 0.0933 e. The van der Waals surface area contributed by atoms with Crippen LogP contribution in [0, 0.1) is 0 Å². The summed E-state index contributed by atoms with van der Waals surface area (Å²) in [6, 6.07) is 0.